The van der Waals surface area contributed by atoms with E-state index in [1.165, 1.54) is 0 Å². The minimum atomic E-state index is -0.461. The Hall–Kier alpha value is -0.0900. The van der Waals surface area contributed by atoms with Gasteiger partial charge in [0.1, 0.15) is 0 Å². The van der Waals surface area contributed by atoms with E-state index in [4.69, 9.17) is 5.73 Å². The summed E-state index contributed by atoms with van der Waals surface area (Å²) >= 11 is 3.40. The van der Waals surface area contributed by atoms with Gasteiger partial charge in [0.2, 0.25) is 0 Å². The van der Waals surface area contributed by atoms with Crippen molar-refractivity contribution in [2.75, 3.05) is 0 Å². The lowest BCUT2D eigenvalue weighted by atomic mass is 9.96. The van der Waals surface area contributed by atoms with Crippen LogP contribution in [-0.2, 0) is 0 Å². The second-order valence-electron chi connectivity index (χ2n) is 4.62. The van der Waals surface area contributed by atoms with Crippen molar-refractivity contribution in [3.63, 3.8) is 0 Å². The number of halogens is 2. The highest BCUT2D eigenvalue weighted by Crippen LogP contribution is 2.22. The lowest BCUT2D eigenvalue weighted by Crippen LogP contribution is -2.26. The highest BCUT2D eigenvalue weighted by atomic mass is 79.9. The lowest BCUT2D eigenvalue weighted by Gasteiger charge is -2.20. The van der Waals surface area contributed by atoms with Crippen molar-refractivity contribution in [1.82, 2.24) is 0 Å². The average molecular weight is 323 g/mol. The van der Waals surface area contributed by atoms with Gasteiger partial charge in [-0.1, -0.05) is 41.9 Å². The molecule has 0 aliphatic heterocycles. The monoisotopic (exact) mass is 321 g/mol. The van der Waals surface area contributed by atoms with Crippen LogP contribution in [0.15, 0.2) is 28.7 Å². The molecule has 0 saturated carbocycles. The Morgan fingerprint density at radius 1 is 1.29 bits per heavy atom. The number of rotatable bonds is 5. The number of hydrogen-bond acceptors (Lipinski definition) is 2. The number of aliphatic hydroxyl groups is 1. The van der Waals surface area contributed by atoms with Gasteiger partial charge < -0.3 is 10.8 Å². The Morgan fingerprint density at radius 3 is 2.47 bits per heavy atom. The molecule has 1 aromatic carbocycles. The molecule has 0 amide bonds. The molecule has 0 aliphatic carbocycles. The minimum Gasteiger partial charge on any atom is -0.391 e. The van der Waals surface area contributed by atoms with Crippen LogP contribution in [0, 0.1) is 5.92 Å². The van der Waals surface area contributed by atoms with E-state index in [-0.39, 0.29) is 18.4 Å². The second kappa shape index (κ2) is 8.09. The van der Waals surface area contributed by atoms with E-state index in [2.05, 4.69) is 29.8 Å². The standard InChI is InChI=1S/C13H20BrNO.ClH/c1-9(2)6-7-12(16)13(15)10-4-3-5-11(14)8-10;/h3-5,8-9,12-13,16H,6-7,15H2,1-2H3;1H/t12-,13+;/m0./s1. The number of benzene rings is 1. The summed E-state index contributed by atoms with van der Waals surface area (Å²) in [5.74, 6) is 0.601. The summed E-state index contributed by atoms with van der Waals surface area (Å²) in [5, 5.41) is 9.97. The quantitative estimate of drug-likeness (QED) is 0.869. The Bertz CT molecular complexity index is 333. The van der Waals surface area contributed by atoms with E-state index in [0.29, 0.717) is 5.92 Å². The van der Waals surface area contributed by atoms with E-state index in [1.807, 2.05) is 24.3 Å². The summed E-state index contributed by atoms with van der Waals surface area (Å²) in [6.45, 7) is 4.30. The highest BCUT2D eigenvalue weighted by Gasteiger charge is 2.16. The molecule has 0 aliphatic rings. The van der Waals surface area contributed by atoms with Crippen LogP contribution in [0.2, 0.25) is 0 Å². The van der Waals surface area contributed by atoms with Crippen LogP contribution in [0.4, 0.5) is 0 Å². The molecule has 0 fully saturated rings. The molecule has 1 aromatic rings. The van der Waals surface area contributed by atoms with E-state index in [1.54, 1.807) is 0 Å². The van der Waals surface area contributed by atoms with E-state index in [0.717, 1.165) is 22.9 Å². The molecule has 0 unspecified atom stereocenters. The van der Waals surface area contributed by atoms with Gasteiger partial charge in [0.25, 0.3) is 0 Å². The van der Waals surface area contributed by atoms with Crippen LogP contribution < -0.4 is 5.73 Å². The molecule has 2 nitrogen and oxygen atoms in total. The molecule has 4 heteroatoms. The minimum absolute atomic E-state index is 0. The maximum absolute atomic E-state index is 9.97. The fraction of sp³-hybridized carbons (Fsp3) is 0.538. The van der Waals surface area contributed by atoms with Crippen LogP contribution in [0.3, 0.4) is 0 Å². The van der Waals surface area contributed by atoms with Gasteiger partial charge >= 0.3 is 0 Å². The molecule has 98 valence electrons. The molecule has 0 spiro atoms. The first-order valence-corrected chi connectivity index (χ1v) is 6.49. The third-order valence-electron chi connectivity index (χ3n) is 2.69. The zero-order valence-corrected chi connectivity index (χ0v) is 12.7. The molecule has 1 rings (SSSR count). The van der Waals surface area contributed by atoms with Crippen molar-refractivity contribution in [3.8, 4) is 0 Å². The normalized spacial score (nSPS) is 14.2. The third-order valence-corrected chi connectivity index (χ3v) is 3.18. The van der Waals surface area contributed by atoms with Gasteiger partial charge in [-0.3, -0.25) is 0 Å². The third kappa shape index (κ3) is 5.87. The van der Waals surface area contributed by atoms with Crippen molar-refractivity contribution in [1.29, 1.82) is 0 Å². The zero-order chi connectivity index (χ0) is 12.1. The van der Waals surface area contributed by atoms with Crippen molar-refractivity contribution in [2.45, 2.75) is 38.8 Å². The van der Waals surface area contributed by atoms with Crippen molar-refractivity contribution in [3.05, 3.63) is 34.3 Å². The van der Waals surface area contributed by atoms with Crippen LogP contribution >= 0.6 is 28.3 Å². The predicted octanol–water partition coefficient (Wildman–Crippen LogP) is 3.67. The molecule has 3 N–H and O–H groups in total. The predicted molar refractivity (Wildman–Crippen MR) is 78.4 cm³/mol. The largest absolute Gasteiger partial charge is 0.391 e. The van der Waals surface area contributed by atoms with Crippen molar-refractivity contribution in [2.24, 2.45) is 11.7 Å². The summed E-state index contributed by atoms with van der Waals surface area (Å²) in [4.78, 5) is 0. The Labute approximate surface area is 118 Å². The molecular weight excluding hydrogens is 302 g/mol. The molecule has 17 heavy (non-hydrogen) atoms. The summed E-state index contributed by atoms with van der Waals surface area (Å²) in [6, 6.07) is 7.51. The molecular formula is C13H21BrClNO. The van der Waals surface area contributed by atoms with Crippen molar-refractivity contribution >= 4 is 28.3 Å². The number of nitrogens with two attached hydrogens (primary N) is 1. The molecule has 0 heterocycles. The fourth-order valence-corrected chi connectivity index (χ4v) is 2.04. The SMILES string of the molecule is CC(C)CC[C@H](O)[C@H](N)c1cccc(Br)c1.Cl. The number of aliphatic hydroxyl groups excluding tert-OH is 1. The van der Waals surface area contributed by atoms with Gasteiger partial charge in [-0.15, -0.1) is 12.4 Å². The molecule has 0 saturated heterocycles. The Morgan fingerprint density at radius 2 is 1.94 bits per heavy atom. The summed E-state index contributed by atoms with van der Waals surface area (Å²) < 4.78 is 0.997. The Kier molecular flexibility index (Phi) is 8.05. The van der Waals surface area contributed by atoms with Gasteiger partial charge in [-0.05, 0) is 36.5 Å². The molecule has 0 aromatic heterocycles. The van der Waals surface area contributed by atoms with Gasteiger partial charge in [0, 0.05) is 4.47 Å². The van der Waals surface area contributed by atoms with Crippen LogP contribution in [0.5, 0.6) is 0 Å². The first-order chi connectivity index (χ1) is 7.50. The van der Waals surface area contributed by atoms with Gasteiger partial charge in [-0.2, -0.15) is 0 Å². The van der Waals surface area contributed by atoms with Gasteiger partial charge in [0.15, 0.2) is 0 Å². The summed E-state index contributed by atoms with van der Waals surface area (Å²) in [7, 11) is 0. The first kappa shape index (κ1) is 16.9. The van der Waals surface area contributed by atoms with Gasteiger partial charge in [-0.25, -0.2) is 0 Å². The smallest absolute Gasteiger partial charge is 0.0732 e. The molecule has 0 bridgehead atoms. The lowest BCUT2D eigenvalue weighted by molar-refractivity contribution is 0.128. The molecule has 0 radical (unpaired) electrons. The van der Waals surface area contributed by atoms with Crippen molar-refractivity contribution < 1.29 is 5.11 Å². The Balaban J connectivity index is 0.00000256. The topological polar surface area (TPSA) is 46.2 Å². The van der Waals surface area contributed by atoms with E-state index >= 15 is 0 Å². The highest BCUT2D eigenvalue weighted by molar-refractivity contribution is 9.10. The number of hydrogen-bond donors (Lipinski definition) is 2. The van der Waals surface area contributed by atoms with Crippen LogP contribution in [0.25, 0.3) is 0 Å². The fourth-order valence-electron chi connectivity index (χ4n) is 1.62. The van der Waals surface area contributed by atoms with Gasteiger partial charge in [0.05, 0.1) is 12.1 Å². The van der Waals surface area contributed by atoms with Crippen LogP contribution in [0.1, 0.15) is 38.3 Å². The zero-order valence-electron chi connectivity index (χ0n) is 10.3. The maximum Gasteiger partial charge on any atom is 0.0732 e. The average Bonchev–Trinajstić information content (AvgIpc) is 2.24. The maximum atomic E-state index is 9.97. The summed E-state index contributed by atoms with van der Waals surface area (Å²) in [5.41, 5.74) is 7.00. The first-order valence-electron chi connectivity index (χ1n) is 5.70. The second-order valence-corrected chi connectivity index (χ2v) is 5.54. The van der Waals surface area contributed by atoms with E-state index < -0.39 is 6.10 Å². The van der Waals surface area contributed by atoms with E-state index in [9.17, 15) is 5.11 Å². The van der Waals surface area contributed by atoms with Crippen LogP contribution in [-0.4, -0.2) is 11.2 Å². The summed E-state index contributed by atoms with van der Waals surface area (Å²) in [6.07, 6.45) is 1.30. The molecule has 2 atom stereocenters.